The molecular formula is C42H61F5N8O13P2S. The number of H-pyrrole nitrogens is 4. The van der Waals surface area contributed by atoms with Gasteiger partial charge in [0.15, 0.2) is 6.35 Å². The van der Waals surface area contributed by atoms with Gasteiger partial charge in [0.25, 0.3) is 11.1 Å². The van der Waals surface area contributed by atoms with Gasteiger partial charge >= 0.3 is 30.8 Å². The highest BCUT2D eigenvalue weighted by Crippen LogP contribution is 2.49. The number of rotatable bonds is 20. The Hall–Kier alpha value is -5.34. The maximum absolute atomic E-state index is 14.6. The van der Waals surface area contributed by atoms with Gasteiger partial charge in [-0.1, -0.05) is 58.7 Å². The Morgan fingerprint density at radius 3 is 1.42 bits per heavy atom. The molecule has 0 amide bonds. The number of nitrogens with zero attached hydrogens (tertiary/aromatic N) is 2. The first-order chi connectivity index (χ1) is 32.1. The van der Waals surface area contributed by atoms with Crippen LogP contribution in [0.15, 0.2) is 70.5 Å². The molecule has 0 spiro atoms. The van der Waals surface area contributed by atoms with Crippen molar-refractivity contribution in [3.05, 3.63) is 116 Å². The zero-order chi connectivity index (χ0) is 50.5. The third kappa shape index (κ3) is 16.6. The highest BCUT2D eigenvalue weighted by Gasteiger charge is 2.48. The predicted octanol–water partition coefficient (Wildman–Crippen LogP) is 8.43. The lowest BCUT2D eigenvalue weighted by molar-refractivity contribution is -0.0534. The van der Waals surface area contributed by atoms with E-state index in [9.17, 15) is 54.2 Å². The molecule has 398 valence electrons. The maximum Gasteiger partial charge on any atom is 0.523 e. The Kier molecular flexibility index (Phi) is 25.2. The van der Waals surface area contributed by atoms with Crippen LogP contribution < -0.4 is 22.6 Å². The van der Waals surface area contributed by atoms with Crippen LogP contribution in [0.5, 0.6) is 0 Å². The quantitative estimate of drug-likeness (QED) is 0.0163. The number of nitrogens with two attached hydrogens (primary N) is 2. The molecule has 9 N–H and O–H groups in total. The van der Waals surface area contributed by atoms with Crippen LogP contribution in [0.25, 0.3) is 22.1 Å². The van der Waals surface area contributed by atoms with Crippen LogP contribution in [0, 0.1) is 11.6 Å². The van der Waals surface area contributed by atoms with Gasteiger partial charge in [0.2, 0.25) is 11.9 Å². The lowest BCUT2D eigenvalue weighted by Gasteiger charge is -2.21. The van der Waals surface area contributed by atoms with Crippen molar-refractivity contribution in [3.63, 3.8) is 0 Å². The third-order valence-corrected chi connectivity index (χ3v) is 13.9. The largest absolute Gasteiger partial charge is 0.523 e. The van der Waals surface area contributed by atoms with E-state index in [-0.39, 0.29) is 91.2 Å². The van der Waals surface area contributed by atoms with Gasteiger partial charge in [-0.2, -0.15) is 21.6 Å². The molecule has 2 aromatic carbocycles. The van der Waals surface area contributed by atoms with Crippen molar-refractivity contribution in [1.29, 1.82) is 0 Å². The van der Waals surface area contributed by atoms with Crippen molar-refractivity contribution in [2.75, 3.05) is 63.8 Å². The summed E-state index contributed by atoms with van der Waals surface area (Å²) in [6, 6.07) is 12.4. The third-order valence-electron chi connectivity index (χ3n) is 9.15. The van der Waals surface area contributed by atoms with Crippen molar-refractivity contribution in [3.8, 4) is 0 Å². The summed E-state index contributed by atoms with van der Waals surface area (Å²) in [7, 11) is -13.2. The molecule has 4 heterocycles. The second-order valence-corrected chi connectivity index (χ2v) is 19.3. The number of alkyl halides is 3. The zero-order valence-electron chi connectivity index (χ0n) is 36.7. The minimum atomic E-state index is -5.80. The molecule has 6 rings (SSSR count). The van der Waals surface area contributed by atoms with Crippen molar-refractivity contribution in [1.82, 2.24) is 29.9 Å². The van der Waals surface area contributed by atoms with Crippen LogP contribution in [0.2, 0.25) is 0 Å². The van der Waals surface area contributed by atoms with E-state index in [2.05, 4.69) is 43.1 Å². The van der Waals surface area contributed by atoms with Crippen molar-refractivity contribution < 1.29 is 71.6 Å². The normalized spacial score (nSPS) is 12.6. The Balaban J connectivity index is 0.000000546. The summed E-state index contributed by atoms with van der Waals surface area (Å²) in [6.07, 6.45) is 1.51. The number of aliphatic hydroxyl groups excluding tert-OH is 1. The Morgan fingerprint density at radius 2 is 1.04 bits per heavy atom. The summed E-state index contributed by atoms with van der Waals surface area (Å²) in [5, 5.41) is 9.65. The summed E-state index contributed by atoms with van der Waals surface area (Å²) in [6.45, 7) is 6.04. The van der Waals surface area contributed by atoms with Crippen molar-refractivity contribution in [2.45, 2.75) is 67.3 Å². The average Bonchev–Trinajstić information content (AvgIpc) is 3.89. The molecule has 0 unspecified atom stereocenters. The van der Waals surface area contributed by atoms with E-state index in [1.54, 1.807) is 62.6 Å². The van der Waals surface area contributed by atoms with Crippen LogP contribution in [-0.4, -0.2) is 101 Å². The van der Waals surface area contributed by atoms with Crippen molar-refractivity contribution in [2.24, 2.45) is 0 Å². The molecule has 21 nitrogen and oxygen atoms in total. The molecule has 4 aromatic heterocycles. The van der Waals surface area contributed by atoms with E-state index < -0.39 is 71.8 Å². The van der Waals surface area contributed by atoms with E-state index in [0.29, 0.717) is 33.3 Å². The van der Waals surface area contributed by atoms with Crippen LogP contribution in [0.1, 0.15) is 84.1 Å². The number of nitrogen functional groups attached to an aromatic ring is 2. The summed E-state index contributed by atoms with van der Waals surface area (Å²) >= 11 is 0. The van der Waals surface area contributed by atoms with E-state index in [1.165, 1.54) is 26.0 Å². The molecule has 0 fully saturated rings. The van der Waals surface area contributed by atoms with Gasteiger partial charge < -0.3 is 49.4 Å². The summed E-state index contributed by atoms with van der Waals surface area (Å²) in [5.41, 5.74) is 7.64. The minimum absolute atomic E-state index is 0. The standard InChI is InChI=1S/C19H24FN4O5P.C14H13FN4O2.C6H12F3O6PS.3CH4/c1-3-28-30(26,29-4-2)11-27-10-14(12-7-5-6-8-15(12)20)13-9-22-17-16(13)23-19(21)24-18(17)25;15-10-4-2-1-3-7(10)9(6-20)8-5-17-12-11(8)18-14(16)19-13(12)21;1-3-13-16(10,14-4-2)5-15-17(11,12)6(7,8)9;;;/h5-9,14,22H,3-4,10-11H2,1-2H3,(H3,21,23,24,25);1-5,9,17,20H,6H2,(H3,16,18,19,21);3-5H2,1-2H3;3*1H4/t14-;9-;;;;/m00..../s1. The van der Waals surface area contributed by atoms with Gasteiger partial charge in [-0.3, -0.25) is 32.9 Å². The molecule has 0 aliphatic rings. The Morgan fingerprint density at radius 1 is 0.662 bits per heavy atom. The molecule has 0 saturated carbocycles. The van der Waals surface area contributed by atoms with Gasteiger partial charge in [-0.05, 0) is 51.0 Å². The number of benzene rings is 2. The van der Waals surface area contributed by atoms with Gasteiger partial charge in [0.05, 0.1) is 39.6 Å². The topological polar surface area (TPSA) is 319 Å². The lowest BCUT2D eigenvalue weighted by atomic mass is 9.92. The number of hydrogen-bond donors (Lipinski definition) is 7. The van der Waals surface area contributed by atoms with E-state index >= 15 is 0 Å². The molecule has 2 atom stereocenters. The summed E-state index contributed by atoms with van der Waals surface area (Å²) < 4.78 is 138. The van der Waals surface area contributed by atoms with E-state index in [4.69, 9.17) is 25.3 Å². The molecule has 0 bridgehead atoms. The van der Waals surface area contributed by atoms with Gasteiger partial charge in [0.1, 0.15) is 40.0 Å². The fourth-order valence-corrected chi connectivity index (χ4v) is 9.91. The number of aromatic nitrogens is 6. The average molecular weight is 1070 g/mol. The summed E-state index contributed by atoms with van der Waals surface area (Å²) in [5.74, 6) is -2.24. The van der Waals surface area contributed by atoms with Gasteiger partial charge in [-0.15, -0.1) is 0 Å². The first-order valence-corrected chi connectivity index (χ1v) is 25.1. The molecule has 29 heteroatoms. The molecular weight excluding hydrogens is 1010 g/mol. The molecule has 0 aliphatic carbocycles. The number of nitrogens with one attached hydrogen (secondary N) is 4. The maximum atomic E-state index is 14.6. The second-order valence-electron chi connectivity index (χ2n) is 13.7. The first-order valence-electron chi connectivity index (χ1n) is 20.2. The monoisotopic (exact) mass is 1070 g/mol. The Bertz CT molecular complexity index is 2930. The number of fused-ring (bicyclic) bond motifs is 2. The van der Waals surface area contributed by atoms with Crippen LogP contribution in [0.3, 0.4) is 0 Å². The van der Waals surface area contributed by atoms with Crippen molar-refractivity contribution >= 4 is 59.3 Å². The number of anilines is 2. The highest BCUT2D eigenvalue weighted by molar-refractivity contribution is 7.87. The van der Waals surface area contributed by atoms with E-state index in [0.717, 1.165) is 0 Å². The lowest BCUT2D eigenvalue weighted by Crippen LogP contribution is -2.26. The number of hydrogen-bond acceptors (Lipinski definition) is 17. The van der Waals surface area contributed by atoms with Crippen LogP contribution >= 0.6 is 15.2 Å². The van der Waals surface area contributed by atoms with Crippen LogP contribution in [-0.2, 0) is 46.3 Å². The summed E-state index contributed by atoms with van der Waals surface area (Å²) in [4.78, 5) is 42.6. The van der Waals surface area contributed by atoms with Gasteiger partial charge in [-0.25, -0.2) is 18.7 Å². The smallest absolute Gasteiger partial charge is 0.395 e. The van der Waals surface area contributed by atoms with E-state index in [1.807, 2.05) is 0 Å². The molecule has 71 heavy (non-hydrogen) atoms. The molecule has 0 saturated heterocycles. The fourth-order valence-electron chi connectivity index (χ4n) is 6.35. The fraction of sp³-hybridized carbons (Fsp3) is 0.429. The highest BCUT2D eigenvalue weighted by atomic mass is 32.2. The predicted molar refractivity (Wildman–Crippen MR) is 259 cm³/mol. The minimum Gasteiger partial charge on any atom is -0.395 e. The number of ether oxygens (including phenoxy) is 1. The molecule has 0 radical (unpaired) electrons. The number of aliphatic hydroxyl groups is 1. The van der Waals surface area contributed by atoms with Gasteiger partial charge in [0, 0.05) is 35.4 Å². The first kappa shape index (κ1) is 63.7. The van der Waals surface area contributed by atoms with Crippen LogP contribution in [0.4, 0.5) is 33.8 Å². The SMILES string of the molecule is C.C.C.CCOP(=O)(COC[C@@H](c1ccccc1F)c1c[nH]c2c(=O)[nH]c(N)nc12)OCC.CCOP(=O)(COS(=O)(=O)C(F)(F)F)OCC.Nc1nc2c([C@@H](CO)c3ccccc3F)c[nH]c2c(=O)[nH]1. The Labute approximate surface area is 406 Å². The molecule has 6 aromatic rings. The number of halogens is 5. The molecule has 0 aliphatic heterocycles. The zero-order valence-corrected chi connectivity index (χ0v) is 39.3. The second kappa shape index (κ2) is 28.0. The number of aromatic amines is 4.